The highest BCUT2D eigenvalue weighted by Gasteiger charge is 2.12. The van der Waals surface area contributed by atoms with E-state index in [4.69, 9.17) is 0 Å². The molecule has 0 N–H and O–H groups in total. The predicted octanol–water partition coefficient (Wildman–Crippen LogP) is 5.94. The molecule has 1 unspecified atom stereocenters. The maximum Gasteiger partial charge on any atom is 0.113 e. The highest BCUT2D eigenvalue weighted by atomic mass is 79.9. The first kappa shape index (κ1) is 19.8. The van der Waals surface area contributed by atoms with Crippen LogP contribution in [-0.2, 0) is 0 Å². The van der Waals surface area contributed by atoms with Crippen LogP contribution >= 0.6 is 31.9 Å². The van der Waals surface area contributed by atoms with Gasteiger partial charge in [-0.1, -0.05) is 74.4 Å². The van der Waals surface area contributed by atoms with Crippen LogP contribution in [0.1, 0.15) is 6.04 Å². The van der Waals surface area contributed by atoms with Gasteiger partial charge in [0.2, 0.25) is 0 Å². The Labute approximate surface area is 195 Å². The van der Waals surface area contributed by atoms with Gasteiger partial charge in [0.05, 0.1) is 18.1 Å². The molecule has 5 rings (SSSR count). The zero-order chi connectivity index (χ0) is 21.2. The number of halogens is 2. The number of allylic oxidation sites excluding steroid dienone is 6. The molecular weight excluding hydrogens is 520 g/mol. The molecule has 2 aromatic carbocycles. The summed E-state index contributed by atoms with van der Waals surface area (Å²) in [4.78, 5) is 3.33. The molecule has 8 heteroatoms. The predicted molar refractivity (Wildman–Crippen MR) is 128 cm³/mol. The van der Waals surface area contributed by atoms with Crippen LogP contribution in [0.3, 0.4) is 0 Å². The van der Waals surface area contributed by atoms with Gasteiger partial charge in [0.15, 0.2) is 0 Å². The minimum atomic E-state index is -0.0977. The van der Waals surface area contributed by atoms with Gasteiger partial charge in [-0.2, -0.15) is 24.9 Å². The largest absolute Gasteiger partial charge is 0.173 e. The van der Waals surface area contributed by atoms with Gasteiger partial charge in [-0.15, -0.1) is 5.10 Å². The van der Waals surface area contributed by atoms with Crippen molar-refractivity contribution in [2.45, 2.75) is 6.04 Å². The Morgan fingerprint density at radius 3 is 2.00 bits per heavy atom. The fourth-order valence-corrected chi connectivity index (χ4v) is 3.71. The molecule has 0 radical (unpaired) electrons. The normalized spacial score (nSPS) is 15.7. The first-order valence-corrected chi connectivity index (χ1v) is 11.2. The lowest BCUT2D eigenvalue weighted by Crippen LogP contribution is -2.07. The Morgan fingerprint density at radius 2 is 1.32 bits per heavy atom. The highest BCUT2D eigenvalue weighted by molar-refractivity contribution is 9.10. The lowest BCUT2D eigenvalue weighted by molar-refractivity contribution is 0.544. The van der Waals surface area contributed by atoms with Crippen LogP contribution in [0.5, 0.6) is 0 Å². The molecule has 0 spiro atoms. The third kappa shape index (κ3) is 4.35. The van der Waals surface area contributed by atoms with Crippen LogP contribution < -0.4 is 0 Å². The van der Waals surface area contributed by atoms with E-state index >= 15 is 0 Å². The van der Waals surface area contributed by atoms with Crippen molar-refractivity contribution in [2.24, 2.45) is 0 Å². The molecule has 0 fully saturated rings. The molecule has 0 aliphatic heterocycles. The molecule has 1 aliphatic rings. The average molecular weight is 536 g/mol. The van der Waals surface area contributed by atoms with E-state index in [0.29, 0.717) is 0 Å². The van der Waals surface area contributed by atoms with E-state index in [2.05, 4.69) is 52.3 Å². The smallest absolute Gasteiger partial charge is 0.113 e. The van der Waals surface area contributed by atoms with E-state index in [-0.39, 0.29) is 6.04 Å². The fourth-order valence-electron chi connectivity index (χ4n) is 3.18. The lowest BCUT2D eigenvalue weighted by Gasteiger charge is -2.05. The van der Waals surface area contributed by atoms with Crippen LogP contribution in [0.15, 0.2) is 100 Å². The Kier molecular flexibility index (Phi) is 5.48. The first-order chi connectivity index (χ1) is 15.2. The summed E-state index contributed by atoms with van der Waals surface area (Å²) in [6.45, 7) is 0. The summed E-state index contributed by atoms with van der Waals surface area (Å²) in [5, 5.41) is 18.1. The molecule has 0 saturated carbocycles. The second-order valence-electron chi connectivity index (χ2n) is 6.91. The van der Waals surface area contributed by atoms with Gasteiger partial charge in [0.25, 0.3) is 0 Å². The Bertz CT molecular complexity index is 1300. The number of benzene rings is 2. The summed E-state index contributed by atoms with van der Waals surface area (Å²) < 4.78 is 2.07. The van der Waals surface area contributed by atoms with Crippen molar-refractivity contribution < 1.29 is 0 Å². The van der Waals surface area contributed by atoms with Gasteiger partial charge in [-0.25, -0.2) is 0 Å². The summed E-state index contributed by atoms with van der Waals surface area (Å²) in [6, 6.07) is 15.9. The molecule has 2 aromatic heterocycles. The summed E-state index contributed by atoms with van der Waals surface area (Å²) in [7, 11) is 0. The molecule has 1 aliphatic carbocycles. The van der Waals surface area contributed by atoms with E-state index in [0.717, 1.165) is 37.2 Å². The Balaban J connectivity index is 1.34. The molecule has 0 amide bonds. The van der Waals surface area contributed by atoms with Crippen LogP contribution in [0.25, 0.3) is 28.2 Å². The molecule has 0 bridgehead atoms. The fraction of sp³-hybridized carbons (Fsp3) is 0.0435. The van der Waals surface area contributed by atoms with Crippen molar-refractivity contribution in [1.82, 2.24) is 30.0 Å². The standard InChI is InChI=1S/C23H16Br2N6/c24-18-8-4-16(5-9-18)22-14-26-30(28-22)20-2-1-3-21(13-12-20)31-27-15-23(29-31)17-6-10-19(25)11-7-17/h1-15,20H. The molecule has 6 nitrogen and oxygen atoms in total. The Hall–Kier alpha value is -3.10. The number of rotatable bonds is 4. The maximum atomic E-state index is 4.65. The number of nitrogens with zero attached hydrogens (tertiary/aromatic N) is 6. The molecule has 4 aromatic rings. The third-order valence-electron chi connectivity index (χ3n) is 4.82. The second-order valence-corrected chi connectivity index (χ2v) is 8.74. The average Bonchev–Trinajstić information content (AvgIpc) is 3.41. The third-order valence-corrected chi connectivity index (χ3v) is 5.87. The van der Waals surface area contributed by atoms with Crippen molar-refractivity contribution in [3.63, 3.8) is 0 Å². The number of hydrogen-bond donors (Lipinski definition) is 0. The monoisotopic (exact) mass is 534 g/mol. The molecule has 2 heterocycles. The molecule has 31 heavy (non-hydrogen) atoms. The SMILES string of the molecule is Brc1ccc(-c2cnn(C3=CC=CC(n4ncc(-c5ccc(Br)cc5)n4)C=C3)n2)cc1. The molecule has 1 atom stereocenters. The summed E-state index contributed by atoms with van der Waals surface area (Å²) in [5.41, 5.74) is 4.56. The summed E-state index contributed by atoms with van der Waals surface area (Å²) >= 11 is 6.91. The van der Waals surface area contributed by atoms with Gasteiger partial charge in [-0.05, 0) is 36.4 Å². The van der Waals surface area contributed by atoms with Gasteiger partial charge >= 0.3 is 0 Å². The molecule has 152 valence electrons. The van der Waals surface area contributed by atoms with Crippen molar-refractivity contribution in [2.75, 3.05) is 0 Å². The van der Waals surface area contributed by atoms with Crippen molar-refractivity contribution in [3.8, 4) is 22.5 Å². The zero-order valence-electron chi connectivity index (χ0n) is 16.2. The zero-order valence-corrected chi connectivity index (χ0v) is 19.3. The maximum absolute atomic E-state index is 4.65. The van der Waals surface area contributed by atoms with Gasteiger partial charge in [0, 0.05) is 20.1 Å². The van der Waals surface area contributed by atoms with Crippen molar-refractivity contribution in [1.29, 1.82) is 0 Å². The van der Waals surface area contributed by atoms with E-state index in [9.17, 15) is 0 Å². The van der Waals surface area contributed by atoms with Crippen molar-refractivity contribution in [3.05, 3.63) is 100 Å². The highest BCUT2D eigenvalue weighted by Crippen LogP contribution is 2.23. The van der Waals surface area contributed by atoms with Crippen LogP contribution in [0.2, 0.25) is 0 Å². The van der Waals surface area contributed by atoms with Crippen LogP contribution in [0, 0.1) is 0 Å². The molecule has 0 saturated heterocycles. The summed E-state index contributed by atoms with van der Waals surface area (Å²) in [6.07, 6.45) is 13.6. The van der Waals surface area contributed by atoms with Gasteiger partial charge < -0.3 is 0 Å². The number of aromatic nitrogens is 6. The van der Waals surface area contributed by atoms with Gasteiger partial charge in [0.1, 0.15) is 17.4 Å². The lowest BCUT2D eigenvalue weighted by atomic mass is 10.2. The second kappa shape index (κ2) is 8.56. The van der Waals surface area contributed by atoms with E-state index in [1.807, 2.05) is 78.9 Å². The minimum absolute atomic E-state index is 0.0977. The minimum Gasteiger partial charge on any atom is -0.173 e. The van der Waals surface area contributed by atoms with E-state index < -0.39 is 0 Å². The van der Waals surface area contributed by atoms with Crippen LogP contribution in [-0.4, -0.2) is 30.0 Å². The van der Waals surface area contributed by atoms with Crippen molar-refractivity contribution >= 4 is 37.6 Å². The topological polar surface area (TPSA) is 61.4 Å². The molecular formula is C23H16Br2N6. The summed E-state index contributed by atoms with van der Waals surface area (Å²) in [5.74, 6) is 0. The van der Waals surface area contributed by atoms with E-state index in [1.165, 1.54) is 0 Å². The first-order valence-electron chi connectivity index (χ1n) is 9.59. The van der Waals surface area contributed by atoms with E-state index in [1.54, 1.807) is 22.0 Å². The Morgan fingerprint density at radius 1 is 0.710 bits per heavy atom. The van der Waals surface area contributed by atoms with Crippen LogP contribution in [0.4, 0.5) is 0 Å². The number of hydrogen-bond acceptors (Lipinski definition) is 4. The quantitative estimate of drug-likeness (QED) is 0.324. The van der Waals surface area contributed by atoms with Gasteiger partial charge in [-0.3, -0.25) is 0 Å².